The fourth-order valence-corrected chi connectivity index (χ4v) is 4.22. The summed E-state index contributed by atoms with van der Waals surface area (Å²) >= 11 is 0. The SMILES string of the molecule is c1ccc(C(NCC2CO2)(NCC2CO2)c2cccc(NCC3CO3)c2NCC2CO2)cc1. The second-order valence-electron chi connectivity index (χ2n) is 9.19. The second kappa shape index (κ2) is 9.21. The van der Waals surface area contributed by atoms with Crippen LogP contribution in [0.25, 0.3) is 0 Å². The van der Waals surface area contributed by atoms with E-state index in [2.05, 4.69) is 69.8 Å². The lowest BCUT2D eigenvalue weighted by Crippen LogP contribution is -2.57. The number of hydrogen-bond donors (Lipinski definition) is 4. The molecule has 0 bridgehead atoms. The molecule has 0 radical (unpaired) electrons. The van der Waals surface area contributed by atoms with E-state index in [1.54, 1.807) is 0 Å². The van der Waals surface area contributed by atoms with Gasteiger partial charge in [-0.3, -0.25) is 10.6 Å². The van der Waals surface area contributed by atoms with E-state index in [0.29, 0.717) is 6.10 Å². The normalized spacial score (nSPS) is 28.6. The van der Waals surface area contributed by atoms with Gasteiger partial charge < -0.3 is 29.6 Å². The number of hydrogen-bond acceptors (Lipinski definition) is 8. The first kappa shape index (κ1) is 21.3. The Labute approximate surface area is 194 Å². The molecule has 8 nitrogen and oxygen atoms in total. The molecule has 4 saturated heterocycles. The molecule has 0 saturated carbocycles. The number of nitrogens with one attached hydrogen (secondary N) is 4. The lowest BCUT2D eigenvalue weighted by atomic mass is 9.88. The molecule has 0 amide bonds. The Kier molecular flexibility index (Phi) is 5.96. The van der Waals surface area contributed by atoms with Crippen LogP contribution in [0, 0.1) is 0 Å². The average molecular weight is 453 g/mol. The maximum Gasteiger partial charge on any atom is 0.124 e. The van der Waals surface area contributed by atoms with Crippen LogP contribution in [0.5, 0.6) is 0 Å². The Morgan fingerprint density at radius 2 is 1.18 bits per heavy atom. The van der Waals surface area contributed by atoms with Crippen LogP contribution in [0.4, 0.5) is 11.4 Å². The number of benzene rings is 2. The van der Waals surface area contributed by atoms with Gasteiger partial charge in [0, 0.05) is 31.7 Å². The Bertz CT molecular complexity index is 927. The summed E-state index contributed by atoms with van der Waals surface area (Å²) in [6, 6.07) is 17.0. The van der Waals surface area contributed by atoms with E-state index in [-0.39, 0.29) is 18.3 Å². The summed E-state index contributed by atoms with van der Waals surface area (Å²) in [5.74, 6) is 0. The summed E-state index contributed by atoms with van der Waals surface area (Å²) < 4.78 is 22.0. The first-order chi connectivity index (χ1) is 16.3. The van der Waals surface area contributed by atoms with Crippen LogP contribution >= 0.6 is 0 Å². The molecule has 0 aliphatic carbocycles. The molecule has 2 aromatic carbocycles. The van der Waals surface area contributed by atoms with E-state index >= 15 is 0 Å². The topological polar surface area (TPSA) is 98.2 Å². The van der Waals surface area contributed by atoms with E-state index in [1.807, 2.05) is 0 Å². The van der Waals surface area contributed by atoms with Gasteiger partial charge in [-0.2, -0.15) is 0 Å². The standard InChI is InChI=1S/C25H32N4O4/c1-2-5-17(6-3-1)25(28-11-20-15-32-20,29-12-21-16-33-21)22-7-4-8-23(26-9-18-13-30-18)24(22)27-10-19-14-31-19/h1-8,18-21,26-29H,9-16H2. The van der Waals surface area contributed by atoms with Crippen molar-refractivity contribution >= 4 is 11.4 Å². The third-order valence-electron chi connectivity index (χ3n) is 6.50. The lowest BCUT2D eigenvalue weighted by Gasteiger charge is -2.39. The zero-order valence-electron chi connectivity index (χ0n) is 18.7. The highest BCUT2D eigenvalue weighted by molar-refractivity contribution is 5.75. The van der Waals surface area contributed by atoms with Crippen molar-refractivity contribution in [3.8, 4) is 0 Å². The molecular weight excluding hydrogens is 420 g/mol. The van der Waals surface area contributed by atoms with Gasteiger partial charge in [0.25, 0.3) is 0 Å². The summed E-state index contributed by atoms with van der Waals surface area (Å²) in [5.41, 5.74) is 3.82. The smallest absolute Gasteiger partial charge is 0.124 e. The molecule has 176 valence electrons. The number of rotatable bonds is 14. The van der Waals surface area contributed by atoms with E-state index in [4.69, 9.17) is 18.9 Å². The molecular formula is C25H32N4O4. The molecule has 4 N–H and O–H groups in total. The lowest BCUT2D eigenvalue weighted by molar-refractivity contribution is 0.281. The highest BCUT2D eigenvalue weighted by atomic mass is 16.6. The molecule has 4 fully saturated rings. The van der Waals surface area contributed by atoms with Gasteiger partial charge >= 0.3 is 0 Å². The highest BCUT2D eigenvalue weighted by Crippen LogP contribution is 2.38. The number of epoxide rings is 4. The molecule has 4 atom stereocenters. The summed E-state index contributed by atoms with van der Waals surface area (Å²) in [5, 5.41) is 15.0. The van der Waals surface area contributed by atoms with Gasteiger partial charge in [0.05, 0.1) is 62.2 Å². The minimum atomic E-state index is -0.611. The zero-order valence-corrected chi connectivity index (χ0v) is 18.7. The fourth-order valence-electron chi connectivity index (χ4n) is 4.22. The first-order valence-corrected chi connectivity index (χ1v) is 11.9. The van der Waals surface area contributed by atoms with Gasteiger partial charge in [-0.15, -0.1) is 0 Å². The summed E-state index contributed by atoms with van der Waals surface area (Å²) in [7, 11) is 0. The van der Waals surface area contributed by atoms with Crippen molar-refractivity contribution in [2.75, 3.05) is 63.2 Å². The maximum atomic E-state index is 5.55. The zero-order chi connectivity index (χ0) is 22.1. The largest absolute Gasteiger partial charge is 0.381 e. The van der Waals surface area contributed by atoms with E-state index in [1.165, 1.54) is 0 Å². The van der Waals surface area contributed by atoms with Crippen molar-refractivity contribution in [2.24, 2.45) is 0 Å². The van der Waals surface area contributed by atoms with Crippen LogP contribution in [-0.4, -0.2) is 77.0 Å². The number of para-hydroxylation sites is 1. The Balaban J connectivity index is 1.40. The van der Waals surface area contributed by atoms with Crippen molar-refractivity contribution < 1.29 is 18.9 Å². The fraction of sp³-hybridized carbons (Fsp3) is 0.520. The van der Waals surface area contributed by atoms with E-state index in [0.717, 1.165) is 75.1 Å². The van der Waals surface area contributed by atoms with Crippen LogP contribution in [0.3, 0.4) is 0 Å². The minimum absolute atomic E-state index is 0.247. The average Bonchev–Trinajstić information content (AvgIpc) is 3.68. The Morgan fingerprint density at radius 1 is 0.636 bits per heavy atom. The Hall–Kier alpha value is -2.20. The third-order valence-corrected chi connectivity index (χ3v) is 6.50. The monoisotopic (exact) mass is 452 g/mol. The first-order valence-electron chi connectivity index (χ1n) is 11.9. The van der Waals surface area contributed by atoms with Gasteiger partial charge in [-0.25, -0.2) is 0 Å². The van der Waals surface area contributed by atoms with Crippen molar-refractivity contribution in [2.45, 2.75) is 30.1 Å². The molecule has 4 heterocycles. The summed E-state index contributed by atoms with van der Waals surface area (Å²) in [6.45, 7) is 6.32. The highest BCUT2D eigenvalue weighted by Gasteiger charge is 2.40. The minimum Gasteiger partial charge on any atom is -0.381 e. The quantitative estimate of drug-likeness (QED) is 0.253. The summed E-state index contributed by atoms with van der Waals surface area (Å²) in [6.07, 6.45) is 1.06. The molecule has 4 aliphatic rings. The van der Waals surface area contributed by atoms with E-state index < -0.39 is 5.66 Å². The van der Waals surface area contributed by atoms with Gasteiger partial charge in [0.2, 0.25) is 0 Å². The predicted molar refractivity (Wildman–Crippen MR) is 126 cm³/mol. The molecule has 0 aromatic heterocycles. The molecule has 6 rings (SSSR count). The molecule has 33 heavy (non-hydrogen) atoms. The van der Waals surface area contributed by atoms with Crippen molar-refractivity contribution in [1.82, 2.24) is 10.6 Å². The van der Waals surface area contributed by atoms with Crippen LogP contribution < -0.4 is 21.3 Å². The van der Waals surface area contributed by atoms with Crippen LogP contribution in [0.2, 0.25) is 0 Å². The van der Waals surface area contributed by atoms with Crippen molar-refractivity contribution in [1.29, 1.82) is 0 Å². The van der Waals surface area contributed by atoms with Gasteiger partial charge in [-0.1, -0.05) is 42.5 Å². The van der Waals surface area contributed by atoms with E-state index in [9.17, 15) is 0 Å². The molecule has 8 heteroatoms. The molecule has 4 aliphatic heterocycles. The van der Waals surface area contributed by atoms with Crippen molar-refractivity contribution in [3.63, 3.8) is 0 Å². The van der Waals surface area contributed by atoms with Crippen molar-refractivity contribution in [3.05, 3.63) is 59.7 Å². The molecule has 2 aromatic rings. The van der Waals surface area contributed by atoms with Crippen LogP contribution in [0.15, 0.2) is 48.5 Å². The van der Waals surface area contributed by atoms with Crippen LogP contribution in [-0.2, 0) is 24.6 Å². The third kappa shape index (κ3) is 5.32. The second-order valence-corrected chi connectivity index (χ2v) is 9.19. The van der Waals surface area contributed by atoms with Gasteiger partial charge in [-0.05, 0) is 11.6 Å². The Morgan fingerprint density at radius 3 is 1.76 bits per heavy atom. The molecule has 4 unspecified atom stereocenters. The number of ether oxygens (including phenoxy) is 4. The summed E-state index contributed by atoms with van der Waals surface area (Å²) in [4.78, 5) is 0. The van der Waals surface area contributed by atoms with Gasteiger partial charge in [0.1, 0.15) is 5.66 Å². The predicted octanol–water partition coefficient (Wildman–Crippen LogP) is 1.49. The van der Waals surface area contributed by atoms with Crippen LogP contribution in [0.1, 0.15) is 11.1 Å². The molecule has 0 spiro atoms. The number of anilines is 2. The van der Waals surface area contributed by atoms with Gasteiger partial charge in [0.15, 0.2) is 0 Å². The maximum absolute atomic E-state index is 5.55.